The number of imide groups is 1. The van der Waals surface area contributed by atoms with E-state index in [0.29, 0.717) is 15.5 Å². The van der Waals surface area contributed by atoms with Gasteiger partial charge in [0.1, 0.15) is 0 Å². The monoisotopic (exact) mass is 376 g/mol. The first kappa shape index (κ1) is 17.3. The number of hydrogen-bond acceptors (Lipinski definition) is 5. The average molecular weight is 377 g/mol. The maximum Gasteiger partial charge on any atom is 0.293 e. The lowest BCUT2D eigenvalue weighted by Crippen LogP contribution is -2.37. The smallest absolute Gasteiger partial charge is 0.293 e. The summed E-state index contributed by atoms with van der Waals surface area (Å²) >= 11 is 6.92. The Morgan fingerprint density at radius 2 is 2.04 bits per heavy atom. The largest absolute Gasteiger partial charge is 0.459 e. The van der Waals surface area contributed by atoms with Gasteiger partial charge in [-0.1, -0.05) is 29.8 Å². The minimum absolute atomic E-state index is 0.0803. The standard InChI is InChI=1S/C17H13ClN2O4S/c18-12-5-2-1-4-11(12)10-14-16(22)20(17(23)25-14)8-7-19-15(21)13-6-3-9-24-13/h1-6,9-10H,7-8H2,(H,19,21). The number of amides is 3. The first-order valence-electron chi connectivity index (χ1n) is 7.38. The second kappa shape index (κ2) is 7.58. The van der Waals surface area contributed by atoms with Crippen LogP contribution in [0.1, 0.15) is 16.1 Å². The molecule has 1 aliphatic heterocycles. The molecule has 1 fully saturated rings. The van der Waals surface area contributed by atoms with Crippen molar-refractivity contribution in [3.8, 4) is 0 Å². The number of nitrogens with one attached hydrogen (secondary N) is 1. The Morgan fingerprint density at radius 3 is 2.76 bits per heavy atom. The minimum Gasteiger partial charge on any atom is -0.459 e. The van der Waals surface area contributed by atoms with E-state index in [-0.39, 0.29) is 24.1 Å². The van der Waals surface area contributed by atoms with Crippen molar-refractivity contribution in [2.75, 3.05) is 13.1 Å². The lowest BCUT2D eigenvalue weighted by molar-refractivity contribution is -0.122. The number of carbonyl (C=O) groups is 3. The quantitative estimate of drug-likeness (QED) is 0.809. The van der Waals surface area contributed by atoms with Crippen LogP contribution in [0.25, 0.3) is 6.08 Å². The number of benzene rings is 1. The first-order chi connectivity index (χ1) is 12.1. The van der Waals surface area contributed by atoms with Gasteiger partial charge in [0.2, 0.25) is 0 Å². The number of nitrogens with zero attached hydrogens (tertiary/aromatic N) is 1. The molecule has 1 aliphatic rings. The van der Waals surface area contributed by atoms with Gasteiger partial charge in [-0.15, -0.1) is 0 Å². The van der Waals surface area contributed by atoms with Crippen molar-refractivity contribution in [3.63, 3.8) is 0 Å². The summed E-state index contributed by atoms with van der Waals surface area (Å²) in [6.07, 6.45) is 2.99. The van der Waals surface area contributed by atoms with Crippen molar-refractivity contribution in [1.82, 2.24) is 10.2 Å². The van der Waals surface area contributed by atoms with Crippen LogP contribution < -0.4 is 5.32 Å². The van der Waals surface area contributed by atoms with Gasteiger partial charge in [0.25, 0.3) is 17.1 Å². The Labute approximate surface area is 152 Å². The molecule has 1 saturated heterocycles. The van der Waals surface area contributed by atoms with Crippen LogP contribution in [-0.4, -0.2) is 35.0 Å². The maximum atomic E-state index is 12.4. The molecule has 0 atom stereocenters. The number of furan rings is 1. The normalized spacial score (nSPS) is 15.9. The molecule has 2 heterocycles. The lowest BCUT2D eigenvalue weighted by atomic mass is 10.2. The first-order valence-corrected chi connectivity index (χ1v) is 8.57. The summed E-state index contributed by atoms with van der Waals surface area (Å²) in [5.41, 5.74) is 0.667. The Kier molecular flexibility index (Phi) is 5.25. The minimum atomic E-state index is -0.401. The van der Waals surface area contributed by atoms with Gasteiger partial charge in [0, 0.05) is 18.1 Å². The van der Waals surface area contributed by atoms with E-state index in [2.05, 4.69) is 5.32 Å². The second-order valence-corrected chi connectivity index (χ2v) is 6.49. The molecule has 0 radical (unpaired) electrons. The molecule has 6 nitrogen and oxygen atoms in total. The molecule has 3 amide bonds. The third-order valence-corrected chi connectivity index (χ3v) is 4.68. The Hall–Kier alpha value is -2.51. The molecule has 0 aliphatic carbocycles. The molecule has 0 unspecified atom stereocenters. The fourth-order valence-corrected chi connectivity index (χ4v) is 3.25. The highest BCUT2D eigenvalue weighted by Crippen LogP contribution is 2.33. The summed E-state index contributed by atoms with van der Waals surface area (Å²) in [5.74, 6) is -0.626. The van der Waals surface area contributed by atoms with Crippen molar-refractivity contribution in [1.29, 1.82) is 0 Å². The van der Waals surface area contributed by atoms with Crippen LogP contribution >= 0.6 is 23.4 Å². The lowest BCUT2D eigenvalue weighted by Gasteiger charge is -2.12. The summed E-state index contributed by atoms with van der Waals surface area (Å²) in [6, 6.07) is 10.2. The zero-order valence-electron chi connectivity index (χ0n) is 12.9. The van der Waals surface area contributed by atoms with Gasteiger partial charge in [0.15, 0.2) is 5.76 Å². The molecule has 0 spiro atoms. The van der Waals surface area contributed by atoms with Crippen LogP contribution in [-0.2, 0) is 4.79 Å². The summed E-state index contributed by atoms with van der Waals surface area (Å²) in [6.45, 7) is 0.216. The molecule has 0 bridgehead atoms. The van der Waals surface area contributed by atoms with Gasteiger partial charge >= 0.3 is 0 Å². The van der Waals surface area contributed by atoms with Crippen LogP contribution in [0, 0.1) is 0 Å². The van der Waals surface area contributed by atoms with Gasteiger partial charge in [-0.25, -0.2) is 0 Å². The van der Waals surface area contributed by atoms with Crippen LogP contribution in [0.15, 0.2) is 52.0 Å². The molecule has 1 aromatic carbocycles. The number of carbonyl (C=O) groups excluding carboxylic acids is 3. The molecular formula is C17H13ClN2O4S. The predicted octanol–water partition coefficient (Wildman–Crippen LogP) is 3.40. The Balaban J connectivity index is 1.62. The average Bonchev–Trinajstić information content (AvgIpc) is 3.21. The van der Waals surface area contributed by atoms with E-state index in [9.17, 15) is 14.4 Å². The molecule has 25 heavy (non-hydrogen) atoms. The highest BCUT2D eigenvalue weighted by molar-refractivity contribution is 8.18. The van der Waals surface area contributed by atoms with Gasteiger partial charge in [0.05, 0.1) is 11.2 Å². The van der Waals surface area contributed by atoms with E-state index < -0.39 is 11.8 Å². The number of thioether (sulfide) groups is 1. The van der Waals surface area contributed by atoms with Crippen molar-refractivity contribution in [2.24, 2.45) is 0 Å². The second-order valence-electron chi connectivity index (χ2n) is 5.09. The summed E-state index contributed by atoms with van der Waals surface area (Å²) in [5, 5.41) is 2.72. The van der Waals surface area contributed by atoms with E-state index >= 15 is 0 Å². The van der Waals surface area contributed by atoms with Crippen LogP contribution in [0.4, 0.5) is 4.79 Å². The molecule has 128 valence electrons. The van der Waals surface area contributed by atoms with E-state index in [1.165, 1.54) is 12.3 Å². The molecule has 0 saturated carbocycles. The molecule has 2 aromatic rings. The van der Waals surface area contributed by atoms with Gasteiger partial charge in [-0.3, -0.25) is 19.3 Å². The van der Waals surface area contributed by atoms with Gasteiger partial charge < -0.3 is 9.73 Å². The molecular weight excluding hydrogens is 364 g/mol. The highest BCUT2D eigenvalue weighted by atomic mass is 35.5. The fraction of sp³-hybridized carbons (Fsp3) is 0.118. The molecule has 8 heteroatoms. The SMILES string of the molecule is O=C(NCCN1C(=O)SC(=Cc2ccccc2Cl)C1=O)c1ccco1. The topological polar surface area (TPSA) is 79.6 Å². The summed E-state index contributed by atoms with van der Waals surface area (Å²) in [4.78, 5) is 37.6. The zero-order chi connectivity index (χ0) is 17.8. The van der Waals surface area contributed by atoms with E-state index in [1.807, 2.05) is 0 Å². The van der Waals surface area contributed by atoms with Crippen LogP contribution in [0.3, 0.4) is 0 Å². The number of rotatable bonds is 5. The highest BCUT2D eigenvalue weighted by Gasteiger charge is 2.34. The van der Waals surface area contributed by atoms with Gasteiger partial charge in [-0.2, -0.15) is 0 Å². The van der Waals surface area contributed by atoms with Gasteiger partial charge in [-0.05, 0) is 41.6 Å². The third kappa shape index (κ3) is 3.94. The molecule has 3 rings (SSSR count). The summed E-state index contributed by atoms with van der Waals surface area (Å²) < 4.78 is 4.97. The number of halogens is 1. The van der Waals surface area contributed by atoms with Crippen LogP contribution in [0.5, 0.6) is 0 Å². The van der Waals surface area contributed by atoms with Crippen molar-refractivity contribution >= 4 is 46.5 Å². The van der Waals surface area contributed by atoms with Crippen molar-refractivity contribution in [2.45, 2.75) is 0 Å². The summed E-state index contributed by atoms with van der Waals surface area (Å²) in [7, 11) is 0. The predicted molar refractivity (Wildman–Crippen MR) is 95.2 cm³/mol. The zero-order valence-corrected chi connectivity index (χ0v) is 14.5. The Morgan fingerprint density at radius 1 is 1.24 bits per heavy atom. The molecule has 1 N–H and O–H groups in total. The fourth-order valence-electron chi connectivity index (χ4n) is 2.20. The van der Waals surface area contributed by atoms with E-state index in [1.54, 1.807) is 36.4 Å². The van der Waals surface area contributed by atoms with Crippen molar-refractivity contribution < 1.29 is 18.8 Å². The van der Waals surface area contributed by atoms with E-state index in [0.717, 1.165) is 16.7 Å². The van der Waals surface area contributed by atoms with Crippen molar-refractivity contribution in [3.05, 3.63) is 63.9 Å². The molecule has 1 aromatic heterocycles. The van der Waals surface area contributed by atoms with Crippen LogP contribution in [0.2, 0.25) is 5.02 Å². The van der Waals surface area contributed by atoms with E-state index in [4.69, 9.17) is 16.0 Å². The number of hydrogen-bond donors (Lipinski definition) is 1. The third-order valence-electron chi connectivity index (χ3n) is 3.43. The maximum absolute atomic E-state index is 12.4. The Bertz CT molecular complexity index is 848.